The summed E-state index contributed by atoms with van der Waals surface area (Å²) >= 11 is 3.45. The van der Waals surface area contributed by atoms with Crippen LogP contribution in [0.5, 0.6) is 5.75 Å². The van der Waals surface area contributed by atoms with E-state index in [0.29, 0.717) is 6.61 Å². The molecule has 0 aromatic heterocycles. The van der Waals surface area contributed by atoms with Gasteiger partial charge in [-0.2, -0.15) is 0 Å². The van der Waals surface area contributed by atoms with E-state index < -0.39 is 0 Å². The minimum atomic E-state index is 0.706. The number of benzene rings is 1. The van der Waals surface area contributed by atoms with E-state index in [-0.39, 0.29) is 0 Å². The van der Waals surface area contributed by atoms with Crippen molar-refractivity contribution >= 4 is 15.9 Å². The Morgan fingerprint density at radius 2 is 2.21 bits per heavy atom. The molecule has 0 saturated heterocycles. The number of hydrogen-bond donors (Lipinski definition) is 1. The van der Waals surface area contributed by atoms with Gasteiger partial charge < -0.3 is 10.5 Å². The van der Waals surface area contributed by atoms with Crippen molar-refractivity contribution in [3.8, 4) is 5.75 Å². The van der Waals surface area contributed by atoms with Crippen LogP contribution in [0.25, 0.3) is 0 Å². The van der Waals surface area contributed by atoms with Gasteiger partial charge in [-0.1, -0.05) is 15.9 Å². The first-order valence-corrected chi connectivity index (χ1v) is 5.68. The summed E-state index contributed by atoms with van der Waals surface area (Å²) in [4.78, 5) is 0. The molecule has 3 heteroatoms. The Labute approximate surface area is 93.6 Å². The lowest BCUT2D eigenvalue weighted by Crippen LogP contribution is -2.02. The molecule has 0 saturated carbocycles. The van der Waals surface area contributed by atoms with Gasteiger partial charge in [-0.05, 0) is 50.1 Å². The fourth-order valence-electron chi connectivity index (χ4n) is 1.33. The van der Waals surface area contributed by atoms with Crippen molar-refractivity contribution < 1.29 is 4.74 Å². The standard InChI is InChI=1S/C11H16BrNO/c1-2-14-11-6-5-10(12)8-9(11)4-3-7-13/h5-6,8H,2-4,7,13H2,1H3. The molecular weight excluding hydrogens is 242 g/mol. The van der Waals surface area contributed by atoms with Crippen LogP contribution < -0.4 is 10.5 Å². The van der Waals surface area contributed by atoms with Crippen LogP contribution in [0.3, 0.4) is 0 Å². The van der Waals surface area contributed by atoms with Crippen LogP contribution in [0.1, 0.15) is 18.9 Å². The van der Waals surface area contributed by atoms with Gasteiger partial charge in [0.15, 0.2) is 0 Å². The van der Waals surface area contributed by atoms with E-state index in [0.717, 1.165) is 29.6 Å². The SMILES string of the molecule is CCOc1ccc(Br)cc1CCCN. The number of hydrogen-bond acceptors (Lipinski definition) is 2. The number of rotatable bonds is 5. The number of nitrogens with two attached hydrogens (primary N) is 1. The summed E-state index contributed by atoms with van der Waals surface area (Å²) in [6.07, 6.45) is 1.97. The van der Waals surface area contributed by atoms with Gasteiger partial charge in [0.25, 0.3) is 0 Å². The summed E-state index contributed by atoms with van der Waals surface area (Å²) in [6.45, 7) is 3.42. The largest absolute Gasteiger partial charge is 0.494 e. The molecule has 0 atom stereocenters. The highest BCUT2D eigenvalue weighted by atomic mass is 79.9. The van der Waals surface area contributed by atoms with Gasteiger partial charge in [-0.25, -0.2) is 0 Å². The summed E-state index contributed by atoms with van der Waals surface area (Å²) in [6, 6.07) is 6.09. The zero-order chi connectivity index (χ0) is 10.4. The maximum Gasteiger partial charge on any atom is 0.122 e. The van der Waals surface area contributed by atoms with Gasteiger partial charge in [0, 0.05) is 4.47 Å². The molecular formula is C11H16BrNO. The second kappa shape index (κ2) is 6.04. The Kier molecular flexibility index (Phi) is 4.98. The fourth-order valence-corrected chi connectivity index (χ4v) is 1.74. The Bertz CT molecular complexity index is 289. The Morgan fingerprint density at radius 3 is 2.86 bits per heavy atom. The molecule has 0 radical (unpaired) electrons. The fraction of sp³-hybridized carbons (Fsp3) is 0.455. The van der Waals surface area contributed by atoms with Crippen LogP contribution in [0.2, 0.25) is 0 Å². The molecule has 0 aliphatic rings. The third kappa shape index (κ3) is 3.31. The highest BCUT2D eigenvalue weighted by molar-refractivity contribution is 9.10. The second-order valence-electron chi connectivity index (χ2n) is 3.08. The molecule has 78 valence electrons. The lowest BCUT2D eigenvalue weighted by Gasteiger charge is -2.09. The first-order chi connectivity index (χ1) is 6.77. The molecule has 0 unspecified atom stereocenters. The Morgan fingerprint density at radius 1 is 1.43 bits per heavy atom. The van der Waals surface area contributed by atoms with Gasteiger partial charge in [-0.3, -0.25) is 0 Å². The molecule has 0 bridgehead atoms. The van der Waals surface area contributed by atoms with Gasteiger partial charge in [0.1, 0.15) is 5.75 Å². The van der Waals surface area contributed by atoms with Crippen LogP contribution in [-0.2, 0) is 6.42 Å². The van der Waals surface area contributed by atoms with Crippen LogP contribution in [0.4, 0.5) is 0 Å². The predicted octanol–water partition coefficient (Wildman–Crippen LogP) is 2.74. The number of ether oxygens (including phenoxy) is 1. The van der Waals surface area contributed by atoms with E-state index in [4.69, 9.17) is 10.5 Å². The third-order valence-electron chi connectivity index (χ3n) is 1.97. The van der Waals surface area contributed by atoms with Crippen molar-refractivity contribution in [2.45, 2.75) is 19.8 Å². The molecule has 0 heterocycles. The van der Waals surface area contributed by atoms with E-state index in [1.165, 1.54) is 5.56 Å². The molecule has 0 aliphatic heterocycles. The van der Waals surface area contributed by atoms with Crippen molar-refractivity contribution in [2.75, 3.05) is 13.2 Å². The molecule has 0 fully saturated rings. The van der Waals surface area contributed by atoms with Crippen LogP contribution in [0.15, 0.2) is 22.7 Å². The van der Waals surface area contributed by atoms with Crippen molar-refractivity contribution in [3.05, 3.63) is 28.2 Å². The van der Waals surface area contributed by atoms with E-state index in [2.05, 4.69) is 22.0 Å². The van der Waals surface area contributed by atoms with Crippen LogP contribution in [-0.4, -0.2) is 13.2 Å². The lowest BCUT2D eigenvalue weighted by molar-refractivity contribution is 0.336. The molecule has 0 aliphatic carbocycles. The van der Waals surface area contributed by atoms with Crippen molar-refractivity contribution in [2.24, 2.45) is 5.73 Å². The molecule has 1 aromatic carbocycles. The quantitative estimate of drug-likeness (QED) is 0.881. The molecule has 1 aromatic rings. The summed E-state index contributed by atoms with van der Waals surface area (Å²) in [5.41, 5.74) is 6.71. The number of halogens is 1. The molecule has 1 rings (SSSR count). The normalized spacial score (nSPS) is 10.2. The van der Waals surface area contributed by atoms with Crippen molar-refractivity contribution in [1.82, 2.24) is 0 Å². The second-order valence-corrected chi connectivity index (χ2v) is 3.99. The summed E-state index contributed by atoms with van der Waals surface area (Å²) < 4.78 is 6.62. The highest BCUT2D eigenvalue weighted by Crippen LogP contribution is 2.24. The summed E-state index contributed by atoms with van der Waals surface area (Å²) in [5, 5.41) is 0. The maximum atomic E-state index is 5.53. The smallest absolute Gasteiger partial charge is 0.122 e. The molecule has 2 nitrogen and oxygen atoms in total. The van der Waals surface area contributed by atoms with Gasteiger partial charge in [-0.15, -0.1) is 0 Å². The zero-order valence-electron chi connectivity index (χ0n) is 8.42. The lowest BCUT2D eigenvalue weighted by atomic mass is 10.1. The van der Waals surface area contributed by atoms with E-state index >= 15 is 0 Å². The molecule has 0 amide bonds. The van der Waals surface area contributed by atoms with Gasteiger partial charge in [0.05, 0.1) is 6.61 Å². The van der Waals surface area contributed by atoms with E-state index in [1.54, 1.807) is 0 Å². The van der Waals surface area contributed by atoms with Crippen LogP contribution in [0, 0.1) is 0 Å². The first-order valence-electron chi connectivity index (χ1n) is 4.89. The average molecular weight is 258 g/mol. The van der Waals surface area contributed by atoms with E-state index in [1.807, 2.05) is 19.1 Å². The summed E-state index contributed by atoms with van der Waals surface area (Å²) in [5.74, 6) is 0.976. The monoisotopic (exact) mass is 257 g/mol. The van der Waals surface area contributed by atoms with Gasteiger partial charge in [0.2, 0.25) is 0 Å². The molecule has 14 heavy (non-hydrogen) atoms. The minimum absolute atomic E-state index is 0.706. The maximum absolute atomic E-state index is 5.53. The van der Waals surface area contributed by atoms with Crippen molar-refractivity contribution in [3.63, 3.8) is 0 Å². The minimum Gasteiger partial charge on any atom is -0.494 e. The Hall–Kier alpha value is -0.540. The molecule has 2 N–H and O–H groups in total. The number of aryl methyl sites for hydroxylation is 1. The topological polar surface area (TPSA) is 35.2 Å². The highest BCUT2D eigenvalue weighted by Gasteiger charge is 2.03. The van der Waals surface area contributed by atoms with E-state index in [9.17, 15) is 0 Å². The average Bonchev–Trinajstić information content (AvgIpc) is 2.18. The van der Waals surface area contributed by atoms with Crippen molar-refractivity contribution in [1.29, 1.82) is 0 Å². The van der Waals surface area contributed by atoms with Gasteiger partial charge >= 0.3 is 0 Å². The zero-order valence-corrected chi connectivity index (χ0v) is 10.0. The Balaban J connectivity index is 2.79. The molecule has 0 spiro atoms. The predicted molar refractivity (Wildman–Crippen MR) is 62.7 cm³/mol. The summed E-state index contributed by atoms with van der Waals surface area (Å²) in [7, 11) is 0. The first kappa shape index (κ1) is 11.5. The third-order valence-corrected chi connectivity index (χ3v) is 2.47. The van der Waals surface area contributed by atoms with Crippen LogP contribution >= 0.6 is 15.9 Å².